The zero-order valence-electron chi connectivity index (χ0n) is 11.8. The van der Waals surface area contributed by atoms with Gasteiger partial charge < -0.3 is 10.0 Å². The van der Waals surface area contributed by atoms with Gasteiger partial charge in [-0.3, -0.25) is 4.79 Å². The number of hydrogen-bond acceptors (Lipinski definition) is 2. The van der Waals surface area contributed by atoms with Gasteiger partial charge in [0.15, 0.2) is 0 Å². The summed E-state index contributed by atoms with van der Waals surface area (Å²) in [6.45, 7) is 0.533. The Labute approximate surface area is 119 Å². The van der Waals surface area contributed by atoms with Gasteiger partial charge in [0.05, 0.1) is 5.56 Å². The highest BCUT2D eigenvalue weighted by molar-refractivity contribution is 5.87. The van der Waals surface area contributed by atoms with Crippen molar-refractivity contribution in [3.8, 4) is 0 Å². The normalized spacial score (nSPS) is 15.2. The fourth-order valence-corrected chi connectivity index (χ4v) is 2.73. The fraction of sp³-hybridized carbons (Fsp3) is 0.500. The molecule has 108 valence electrons. The highest BCUT2D eigenvalue weighted by Crippen LogP contribution is 2.28. The van der Waals surface area contributed by atoms with E-state index in [0.717, 1.165) is 5.56 Å². The molecule has 20 heavy (non-hydrogen) atoms. The van der Waals surface area contributed by atoms with Crippen LogP contribution in [0.15, 0.2) is 24.3 Å². The molecule has 0 unspecified atom stereocenters. The van der Waals surface area contributed by atoms with Crippen LogP contribution in [0.5, 0.6) is 0 Å². The molecule has 0 bridgehead atoms. The lowest BCUT2D eigenvalue weighted by atomic mass is 10.0. The van der Waals surface area contributed by atoms with Crippen LogP contribution in [0.1, 0.15) is 48.0 Å². The molecular formula is C16H21NO3. The molecule has 1 aromatic rings. The van der Waals surface area contributed by atoms with Crippen LogP contribution in [0, 0.1) is 5.92 Å². The van der Waals surface area contributed by atoms with Crippen LogP contribution >= 0.6 is 0 Å². The molecule has 4 nitrogen and oxygen atoms in total. The van der Waals surface area contributed by atoms with Gasteiger partial charge in [-0.2, -0.15) is 0 Å². The zero-order chi connectivity index (χ0) is 14.5. The second-order valence-electron chi connectivity index (χ2n) is 5.61. The third-order valence-electron chi connectivity index (χ3n) is 3.98. The van der Waals surface area contributed by atoms with Crippen LogP contribution < -0.4 is 0 Å². The van der Waals surface area contributed by atoms with Crippen molar-refractivity contribution in [3.05, 3.63) is 35.4 Å². The third-order valence-corrected chi connectivity index (χ3v) is 3.98. The minimum Gasteiger partial charge on any atom is -0.478 e. The Hall–Kier alpha value is -1.84. The standard InChI is InChI=1S/C16H21NO3/c1-17(15(18)10-12-4-2-3-5-12)11-13-6-8-14(9-7-13)16(19)20/h6-9,12H,2-5,10-11H2,1H3,(H,19,20). The summed E-state index contributed by atoms with van der Waals surface area (Å²) < 4.78 is 0. The fourth-order valence-electron chi connectivity index (χ4n) is 2.73. The summed E-state index contributed by atoms with van der Waals surface area (Å²) in [5.41, 5.74) is 1.23. The van der Waals surface area contributed by atoms with Crippen LogP contribution in [0.2, 0.25) is 0 Å². The topological polar surface area (TPSA) is 57.6 Å². The van der Waals surface area contributed by atoms with Gasteiger partial charge >= 0.3 is 5.97 Å². The zero-order valence-corrected chi connectivity index (χ0v) is 11.8. The van der Waals surface area contributed by atoms with E-state index in [1.807, 2.05) is 7.05 Å². The van der Waals surface area contributed by atoms with Crippen LogP contribution in [-0.2, 0) is 11.3 Å². The van der Waals surface area contributed by atoms with Gasteiger partial charge in [0.1, 0.15) is 0 Å². The Bertz CT molecular complexity index is 475. The summed E-state index contributed by atoms with van der Waals surface area (Å²) in [5.74, 6) is -0.194. The third kappa shape index (κ3) is 3.83. The molecule has 1 amide bonds. The lowest BCUT2D eigenvalue weighted by molar-refractivity contribution is -0.131. The van der Waals surface area contributed by atoms with Crippen molar-refractivity contribution in [1.82, 2.24) is 4.90 Å². The van der Waals surface area contributed by atoms with E-state index in [0.29, 0.717) is 18.9 Å². The predicted octanol–water partition coefficient (Wildman–Crippen LogP) is 2.92. The lowest BCUT2D eigenvalue weighted by Crippen LogP contribution is -2.27. The van der Waals surface area contributed by atoms with Crippen molar-refractivity contribution in [3.63, 3.8) is 0 Å². The van der Waals surface area contributed by atoms with Gasteiger partial charge in [0.2, 0.25) is 5.91 Å². The SMILES string of the molecule is CN(Cc1ccc(C(=O)O)cc1)C(=O)CC1CCCC1. The average molecular weight is 275 g/mol. The number of rotatable bonds is 5. The molecule has 2 rings (SSSR count). The molecule has 0 aliphatic heterocycles. The van der Waals surface area contributed by atoms with Crippen LogP contribution in [0.4, 0.5) is 0 Å². The monoisotopic (exact) mass is 275 g/mol. The van der Waals surface area contributed by atoms with Crippen molar-refractivity contribution in [2.75, 3.05) is 7.05 Å². The number of amides is 1. The number of benzene rings is 1. The maximum atomic E-state index is 12.1. The summed E-state index contributed by atoms with van der Waals surface area (Å²) >= 11 is 0. The Morgan fingerprint density at radius 1 is 1.20 bits per heavy atom. The van der Waals surface area contributed by atoms with E-state index >= 15 is 0 Å². The first-order valence-corrected chi connectivity index (χ1v) is 7.12. The van der Waals surface area contributed by atoms with E-state index in [4.69, 9.17) is 5.11 Å². The molecule has 0 aromatic heterocycles. The first-order chi connectivity index (χ1) is 9.56. The lowest BCUT2D eigenvalue weighted by Gasteiger charge is -2.19. The van der Waals surface area contributed by atoms with E-state index in [1.165, 1.54) is 25.7 Å². The van der Waals surface area contributed by atoms with Crippen molar-refractivity contribution in [2.45, 2.75) is 38.6 Å². The van der Waals surface area contributed by atoms with E-state index in [1.54, 1.807) is 29.2 Å². The Morgan fingerprint density at radius 3 is 2.35 bits per heavy atom. The first kappa shape index (κ1) is 14.6. The number of hydrogen-bond donors (Lipinski definition) is 1. The Kier molecular flexibility index (Phi) is 4.77. The molecule has 1 fully saturated rings. The van der Waals surface area contributed by atoms with E-state index in [9.17, 15) is 9.59 Å². The molecule has 1 saturated carbocycles. The second kappa shape index (κ2) is 6.55. The van der Waals surface area contributed by atoms with Crippen LogP contribution in [-0.4, -0.2) is 28.9 Å². The predicted molar refractivity (Wildman–Crippen MR) is 76.5 cm³/mol. The molecule has 1 aliphatic rings. The second-order valence-corrected chi connectivity index (χ2v) is 5.61. The quantitative estimate of drug-likeness (QED) is 0.899. The average Bonchev–Trinajstić information content (AvgIpc) is 2.92. The van der Waals surface area contributed by atoms with Crippen LogP contribution in [0.3, 0.4) is 0 Å². The number of nitrogens with zero attached hydrogens (tertiary/aromatic N) is 1. The van der Waals surface area contributed by atoms with Gasteiger partial charge in [-0.15, -0.1) is 0 Å². The summed E-state index contributed by atoms with van der Waals surface area (Å²) in [6, 6.07) is 6.69. The molecule has 0 atom stereocenters. The molecule has 4 heteroatoms. The molecule has 0 saturated heterocycles. The molecule has 1 aromatic carbocycles. The highest BCUT2D eigenvalue weighted by atomic mass is 16.4. The van der Waals surface area contributed by atoms with E-state index < -0.39 is 5.97 Å². The largest absolute Gasteiger partial charge is 0.478 e. The van der Waals surface area contributed by atoms with Crippen LogP contribution in [0.25, 0.3) is 0 Å². The molecule has 0 radical (unpaired) electrons. The van der Waals surface area contributed by atoms with E-state index in [-0.39, 0.29) is 11.5 Å². The van der Waals surface area contributed by atoms with Crippen molar-refractivity contribution in [2.24, 2.45) is 5.92 Å². The van der Waals surface area contributed by atoms with Gasteiger partial charge in [-0.1, -0.05) is 25.0 Å². The number of carboxylic acids is 1. The Morgan fingerprint density at radius 2 is 1.80 bits per heavy atom. The van der Waals surface area contributed by atoms with Gasteiger partial charge in [-0.25, -0.2) is 4.79 Å². The molecule has 0 heterocycles. The minimum absolute atomic E-state index is 0.180. The number of carbonyl (C=O) groups excluding carboxylic acids is 1. The summed E-state index contributed by atoms with van der Waals surface area (Å²) in [7, 11) is 1.81. The molecule has 1 N–H and O–H groups in total. The summed E-state index contributed by atoms with van der Waals surface area (Å²) in [5, 5.41) is 8.84. The molecular weight excluding hydrogens is 254 g/mol. The minimum atomic E-state index is -0.929. The number of aromatic carboxylic acids is 1. The maximum Gasteiger partial charge on any atom is 0.335 e. The summed E-state index contributed by atoms with van der Waals surface area (Å²) in [6.07, 6.45) is 5.49. The van der Waals surface area contributed by atoms with Gasteiger partial charge in [-0.05, 0) is 36.5 Å². The van der Waals surface area contributed by atoms with E-state index in [2.05, 4.69) is 0 Å². The first-order valence-electron chi connectivity index (χ1n) is 7.12. The van der Waals surface area contributed by atoms with Crippen molar-refractivity contribution in [1.29, 1.82) is 0 Å². The van der Waals surface area contributed by atoms with Crippen molar-refractivity contribution >= 4 is 11.9 Å². The van der Waals surface area contributed by atoms with Gasteiger partial charge in [0.25, 0.3) is 0 Å². The Balaban J connectivity index is 1.87. The maximum absolute atomic E-state index is 12.1. The smallest absolute Gasteiger partial charge is 0.335 e. The summed E-state index contributed by atoms with van der Waals surface area (Å²) in [4.78, 5) is 24.6. The number of carbonyl (C=O) groups is 2. The van der Waals surface area contributed by atoms with Crippen molar-refractivity contribution < 1.29 is 14.7 Å². The highest BCUT2D eigenvalue weighted by Gasteiger charge is 2.20. The van der Waals surface area contributed by atoms with Gasteiger partial charge in [0, 0.05) is 20.0 Å². The molecule has 1 aliphatic carbocycles. The number of carboxylic acid groups (broad SMARTS) is 1. The molecule has 0 spiro atoms.